The van der Waals surface area contributed by atoms with E-state index in [-0.39, 0.29) is 11.8 Å². The van der Waals surface area contributed by atoms with Crippen molar-refractivity contribution in [2.75, 3.05) is 6.54 Å². The standard InChI is InChI=1S/C23H24N4O2/c28-22(24-15-3-6-21-26-19-4-1-2-5-20(19)27-21)14-9-16-7-10-17(11-8-16)23(29)25-18-12-13-18/h1-2,4-5,7-11,14,18H,3,6,12-13,15H2,(H,24,28)(H,25,29)(H,26,27)/b14-9+. The first-order valence-electron chi connectivity index (χ1n) is 9.98. The molecule has 0 saturated heterocycles. The SMILES string of the molecule is O=C(/C=C/c1ccc(C(=O)NC2CC2)cc1)NCCCc1nc2ccccc2[nH]1. The number of para-hydroxylation sites is 2. The molecule has 1 saturated carbocycles. The molecule has 3 N–H and O–H groups in total. The van der Waals surface area contributed by atoms with Crippen LogP contribution in [0.25, 0.3) is 17.1 Å². The van der Waals surface area contributed by atoms with Crippen molar-refractivity contribution in [3.8, 4) is 0 Å². The second-order valence-corrected chi connectivity index (χ2v) is 7.30. The van der Waals surface area contributed by atoms with Crippen molar-refractivity contribution >= 4 is 28.9 Å². The van der Waals surface area contributed by atoms with E-state index in [1.54, 1.807) is 18.2 Å². The summed E-state index contributed by atoms with van der Waals surface area (Å²) in [6.07, 6.45) is 6.99. The fourth-order valence-corrected chi connectivity index (χ4v) is 3.06. The zero-order chi connectivity index (χ0) is 20.1. The predicted octanol–water partition coefficient (Wildman–Crippen LogP) is 3.22. The number of benzene rings is 2. The van der Waals surface area contributed by atoms with Crippen LogP contribution in [0.2, 0.25) is 0 Å². The minimum atomic E-state index is -0.134. The molecular weight excluding hydrogens is 364 g/mol. The molecule has 0 unspecified atom stereocenters. The van der Waals surface area contributed by atoms with Crippen molar-refractivity contribution in [1.82, 2.24) is 20.6 Å². The van der Waals surface area contributed by atoms with Crippen LogP contribution >= 0.6 is 0 Å². The van der Waals surface area contributed by atoms with Gasteiger partial charge in [0.05, 0.1) is 11.0 Å². The van der Waals surface area contributed by atoms with Gasteiger partial charge in [-0.1, -0.05) is 24.3 Å². The van der Waals surface area contributed by atoms with Gasteiger partial charge in [0.2, 0.25) is 5.91 Å². The molecule has 1 aromatic heterocycles. The molecule has 29 heavy (non-hydrogen) atoms. The van der Waals surface area contributed by atoms with Gasteiger partial charge in [0.25, 0.3) is 5.91 Å². The number of fused-ring (bicyclic) bond motifs is 1. The second kappa shape index (κ2) is 8.73. The summed E-state index contributed by atoms with van der Waals surface area (Å²) in [6.45, 7) is 0.584. The van der Waals surface area contributed by atoms with Gasteiger partial charge in [0.1, 0.15) is 5.82 Å². The molecule has 0 radical (unpaired) electrons. The Morgan fingerprint density at radius 2 is 1.90 bits per heavy atom. The Kier molecular flexibility index (Phi) is 5.70. The van der Waals surface area contributed by atoms with Gasteiger partial charge >= 0.3 is 0 Å². The number of H-pyrrole nitrogens is 1. The molecule has 148 valence electrons. The highest BCUT2D eigenvalue weighted by Crippen LogP contribution is 2.19. The van der Waals surface area contributed by atoms with Gasteiger partial charge in [0, 0.05) is 30.6 Å². The van der Waals surface area contributed by atoms with E-state index in [9.17, 15) is 9.59 Å². The average Bonchev–Trinajstić information content (AvgIpc) is 3.45. The van der Waals surface area contributed by atoms with Crippen LogP contribution in [-0.4, -0.2) is 34.4 Å². The van der Waals surface area contributed by atoms with Gasteiger partial charge in [-0.3, -0.25) is 9.59 Å². The summed E-state index contributed by atoms with van der Waals surface area (Å²) in [5.74, 6) is 0.761. The summed E-state index contributed by atoms with van der Waals surface area (Å²) >= 11 is 0. The lowest BCUT2D eigenvalue weighted by Gasteiger charge is -2.03. The van der Waals surface area contributed by atoms with Crippen molar-refractivity contribution in [2.45, 2.75) is 31.7 Å². The van der Waals surface area contributed by atoms with E-state index in [0.29, 0.717) is 18.2 Å². The van der Waals surface area contributed by atoms with Gasteiger partial charge in [-0.05, 0) is 55.2 Å². The molecular formula is C23H24N4O2. The highest BCUT2D eigenvalue weighted by atomic mass is 16.2. The average molecular weight is 388 g/mol. The third kappa shape index (κ3) is 5.31. The minimum Gasteiger partial charge on any atom is -0.353 e. The lowest BCUT2D eigenvalue weighted by molar-refractivity contribution is -0.116. The predicted molar refractivity (Wildman–Crippen MR) is 113 cm³/mol. The molecule has 1 aliphatic rings. The van der Waals surface area contributed by atoms with Crippen molar-refractivity contribution < 1.29 is 9.59 Å². The third-order valence-electron chi connectivity index (χ3n) is 4.84. The van der Waals surface area contributed by atoms with Gasteiger partial charge in [-0.25, -0.2) is 4.98 Å². The number of hydrogen-bond acceptors (Lipinski definition) is 3. The first kappa shape index (κ1) is 18.9. The lowest BCUT2D eigenvalue weighted by Crippen LogP contribution is -2.25. The third-order valence-corrected chi connectivity index (χ3v) is 4.84. The minimum absolute atomic E-state index is 0.0368. The Bertz CT molecular complexity index is 999. The van der Waals surface area contributed by atoms with Gasteiger partial charge in [0.15, 0.2) is 0 Å². The maximum atomic E-state index is 12.0. The summed E-state index contributed by atoms with van der Waals surface area (Å²) in [7, 11) is 0. The number of aryl methyl sites for hydroxylation is 1. The molecule has 1 heterocycles. The fraction of sp³-hybridized carbons (Fsp3) is 0.261. The second-order valence-electron chi connectivity index (χ2n) is 7.30. The number of carbonyl (C=O) groups is 2. The number of carbonyl (C=O) groups excluding carboxylic acids is 2. The van der Waals surface area contributed by atoms with Crippen LogP contribution in [0.3, 0.4) is 0 Å². The molecule has 6 heteroatoms. The number of nitrogens with zero attached hydrogens (tertiary/aromatic N) is 1. The number of aromatic nitrogens is 2. The molecule has 2 aromatic carbocycles. The maximum Gasteiger partial charge on any atom is 0.251 e. The van der Waals surface area contributed by atoms with Gasteiger partial charge in [-0.2, -0.15) is 0 Å². The van der Waals surface area contributed by atoms with Crippen molar-refractivity contribution in [1.29, 1.82) is 0 Å². The summed E-state index contributed by atoms with van der Waals surface area (Å²) in [5.41, 5.74) is 3.52. The zero-order valence-corrected chi connectivity index (χ0v) is 16.2. The van der Waals surface area contributed by atoms with E-state index >= 15 is 0 Å². The number of hydrogen-bond donors (Lipinski definition) is 3. The van der Waals surface area contributed by atoms with Crippen LogP contribution < -0.4 is 10.6 Å². The molecule has 0 atom stereocenters. The van der Waals surface area contributed by atoms with Crippen LogP contribution in [0.5, 0.6) is 0 Å². The normalized spacial score (nSPS) is 13.7. The number of aromatic amines is 1. The van der Waals surface area contributed by atoms with Gasteiger partial charge in [-0.15, -0.1) is 0 Å². The molecule has 1 fully saturated rings. The van der Waals surface area contributed by atoms with E-state index in [0.717, 1.165) is 48.1 Å². The molecule has 1 aliphatic carbocycles. The number of rotatable bonds is 8. The van der Waals surface area contributed by atoms with Crippen LogP contribution in [0, 0.1) is 0 Å². The summed E-state index contributed by atoms with van der Waals surface area (Å²) in [6, 6.07) is 15.5. The van der Waals surface area contributed by atoms with Gasteiger partial charge < -0.3 is 15.6 Å². The molecule has 0 spiro atoms. The largest absolute Gasteiger partial charge is 0.353 e. The molecule has 4 rings (SSSR count). The van der Waals surface area contributed by atoms with Crippen molar-refractivity contribution in [3.63, 3.8) is 0 Å². The molecule has 0 bridgehead atoms. The van der Waals surface area contributed by atoms with E-state index in [1.807, 2.05) is 36.4 Å². The van der Waals surface area contributed by atoms with Crippen LogP contribution in [0.4, 0.5) is 0 Å². The van der Waals surface area contributed by atoms with Crippen LogP contribution in [0.15, 0.2) is 54.6 Å². The lowest BCUT2D eigenvalue weighted by atomic mass is 10.1. The van der Waals surface area contributed by atoms with E-state index in [2.05, 4.69) is 20.6 Å². The highest BCUT2D eigenvalue weighted by molar-refractivity contribution is 5.95. The van der Waals surface area contributed by atoms with E-state index in [4.69, 9.17) is 0 Å². The summed E-state index contributed by atoms with van der Waals surface area (Å²) in [5, 5.41) is 5.84. The molecule has 3 aromatic rings. The topological polar surface area (TPSA) is 86.9 Å². The smallest absolute Gasteiger partial charge is 0.251 e. The van der Waals surface area contributed by atoms with Crippen LogP contribution in [-0.2, 0) is 11.2 Å². The highest BCUT2D eigenvalue weighted by Gasteiger charge is 2.23. The van der Waals surface area contributed by atoms with Crippen molar-refractivity contribution in [3.05, 3.63) is 71.6 Å². The first-order chi connectivity index (χ1) is 14.2. The fourth-order valence-electron chi connectivity index (χ4n) is 3.06. The quantitative estimate of drug-likeness (QED) is 0.409. The Morgan fingerprint density at radius 3 is 2.66 bits per heavy atom. The van der Waals surface area contributed by atoms with Crippen molar-refractivity contribution in [2.24, 2.45) is 0 Å². The van der Waals surface area contributed by atoms with E-state index in [1.165, 1.54) is 6.08 Å². The Hall–Kier alpha value is -3.41. The monoisotopic (exact) mass is 388 g/mol. The first-order valence-corrected chi connectivity index (χ1v) is 9.98. The Morgan fingerprint density at radius 1 is 1.10 bits per heavy atom. The molecule has 6 nitrogen and oxygen atoms in total. The van der Waals surface area contributed by atoms with E-state index < -0.39 is 0 Å². The Labute approximate surface area is 169 Å². The molecule has 0 aliphatic heterocycles. The Balaban J connectivity index is 1.19. The molecule has 2 amide bonds. The number of imidazole rings is 1. The summed E-state index contributed by atoms with van der Waals surface area (Å²) < 4.78 is 0. The van der Waals surface area contributed by atoms with Crippen LogP contribution in [0.1, 0.15) is 41.0 Å². The summed E-state index contributed by atoms with van der Waals surface area (Å²) in [4.78, 5) is 31.8. The number of nitrogens with one attached hydrogen (secondary N) is 3. The number of amides is 2. The maximum absolute atomic E-state index is 12.0. The zero-order valence-electron chi connectivity index (χ0n) is 16.2.